The van der Waals surface area contributed by atoms with E-state index in [-0.39, 0.29) is 0 Å². The van der Waals surface area contributed by atoms with Crippen molar-refractivity contribution in [1.29, 1.82) is 0 Å². The highest BCUT2D eigenvalue weighted by Gasteiger charge is 2.51. The number of allylic oxidation sites excluding steroid dienone is 1. The predicted octanol–water partition coefficient (Wildman–Crippen LogP) is 4.78. The lowest BCUT2D eigenvalue weighted by Gasteiger charge is -2.40. The number of halogens is 2. The number of likely N-dealkylation sites (N-methyl/N-ethyl adjacent to an activating group) is 1. The highest BCUT2D eigenvalue weighted by atomic mass is 19.3. The number of rotatable bonds is 12. The largest absolute Gasteiger partial charge is 0.493 e. The van der Waals surface area contributed by atoms with Crippen LogP contribution in [0.5, 0.6) is 23.0 Å². The second-order valence-electron chi connectivity index (χ2n) is 14.3. The Morgan fingerprint density at radius 1 is 0.712 bits per heavy atom. The summed E-state index contributed by atoms with van der Waals surface area (Å²) in [4.78, 5) is 7.08. The van der Waals surface area contributed by atoms with Crippen LogP contribution in [0.2, 0.25) is 0 Å². The molecule has 2 aromatic carbocycles. The van der Waals surface area contributed by atoms with Gasteiger partial charge in [0.15, 0.2) is 23.0 Å². The summed E-state index contributed by atoms with van der Waals surface area (Å²) in [6, 6.07) is 7.51. The van der Waals surface area contributed by atoms with Crippen LogP contribution < -0.4 is 18.9 Å². The fourth-order valence-electron chi connectivity index (χ4n) is 8.17. The van der Waals surface area contributed by atoms with E-state index in [1.807, 2.05) is 30.6 Å². The number of methoxy groups -OCH3 is 4. The number of benzene rings is 2. The number of ether oxygens (including phenoxy) is 5. The number of hydrogen-bond donors (Lipinski definition) is 1. The van der Waals surface area contributed by atoms with Crippen LogP contribution in [0.3, 0.4) is 0 Å². The zero-order valence-corrected chi connectivity index (χ0v) is 30.9. The van der Waals surface area contributed by atoms with Gasteiger partial charge in [0.2, 0.25) is 0 Å². The van der Waals surface area contributed by atoms with Gasteiger partial charge in [0.25, 0.3) is 5.92 Å². The Kier molecular flexibility index (Phi) is 10.4. The van der Waals surface area contributed by atoms with Crippen LogP contribution in [0.15, 0.2) is 48.8 Å². The summed E-state index contributed by atoms with van der Waals surface area (Å²) < 4.78 is 63.9. The minimum atomic E-state index is -3.24. The summed E-state index contributed by atoms with van der Waals surface area (Å²) in [5.74, 6) is -1.98. The molecule has 4 heterocycles. The third kappa shape index (κ3) is 6.96. The van der Waals surface area contributed by atoms with E-state index in [4.69, 9.17) is 23.7 Å². The molecule has 2 aromatic heterocycles. The monoisotopic (exact) mass is 723 g/mol. The van der Waals surface area contributed by atoms with Gasteiger partial charge in [-0.25, -0.2) is 8.78 Å². The van der Waals surface area contributed by atoms with E-state index in [0.717, 1.165) is 80.4 Å². The van der Waals surface area contributed by atoms with E-state index < -0.39 is 23.9 Å². The standard InChI is InChI=1S/C39H51F2N5O6/c1-42-8-10-43(11-9-42)12-15-46-25-31(28-21-35(49-3)37(51-5)23-33(28)46)39(47)26-38(40,41)7-6-30(39)29-24-45(14-13-44-16-18-52-19-17-44)32-22-36(50-4)34(48-2)20-27(29)32/h6-7,20-25,30,47H,8-19,26H2,1-5H3. The topological polar surface area (TPSA) is 86.0 Å². The van der Waals surface area contributed by atoms with Crippen LogP contribution in [0.1, 0.15) is 23.5 Å². The lowest BCUT2D eigenvalue weighted by Crippen LogP contribution is -2.45. The van der Waals surface area contributed by atoms with Crippen LogP contribution in [-0.4, -0.2) is 136 Å². The van der Waals surface area contributed by atoms with Crippen LogP contribution in [0.25, 0.3) is 21.8 Å². The maximum Gasteiger partial charge on any atom is 0.269 e. The van der Waals surface area contributed by atoms with E-state index in [1.165, 1.54) is 6.08 Å². The van der Waals surface area contributed by atoms with Gasteiger partial charge in [0, 0.05) is 119 Å². The van der Waals surface area contributed by atoms with Gasteiger partial charge in [-0.3, -0.25) is 9.80 Å². The van der Waals surface area contributed by atoms with E-state index >= 15 is 8.78 Å². The highest BCUT2D eigenvalue weighted by Crippen LogP contribution is 2.53. The first kappa shape index (κ1) is 36.5. The van der Waals surface area contributed by atoms with Crippen molar-refractivity contribution in [3.8, 4) is 23.0 Å². The molecule has 2 atom stereocenters. The van der Waals surface area contributed by atoms with Gasteiger partial charge in [0.05, 0.1) is 52.7 Å². The molecule has 0 bridgehead atoms. The number of hydrogen-bond acceptors (Lipinski definition) is 9. The molecule has 4 aromatic rings. The first-order valence-corrected chi connectivity index (χ1v) is 18.1. The quantitative estimate of drug-likeness (QED) is 0.208. The van der Waals surface area contributed by atoms with Crippen molar-refractivity contribution in [1.82, 2.24) is 23.8 Å². The maximum absolute atomic E-state index is 15.7. The molecule has 1 N–H and O–H groups in total. The molecule has 2 fully saturated rings. The fourth-order valence-corrected chi connectivity index (χ4v) is 8.17. The van der Waals surface area contributed by atoms with Crippen LogP contribution in [0, 0.1) is 0 Å². The molecule has 1 aliphatic carbocycles. The Morgan fingerprint density at radius 2 is 1.23 bits per heavy atom. The van der Waals surface area contributed by atoms with Crippen LogP contribution >= 0.6 is 0 Å². The second-order valence-corrected chi connectivity index (χ2v) is 14.3. The molecule has 52 heavy (non-hydrogen) atoms. The Balaban J connectivity index is 1.36. The third-order valence-electron chi connectivity index (χ3n) is 11.2. The number of nitrogens with zero attached hydrogens (tertiary/aromatic N) is 5. The van der Waals surface area contributed by atoms with Crippen molar-refractivity contribution < 1.29 is 37.6 Å². The van der Waals surface area contributed by atoms with Crippen molar-refractivity contribution in [2.75, 3.05) is 101 Å². The smallest absolute Gasteiger partial charge is 0.269 e. The molecular weight excluding hydrogens is 672 g/mol. The Labute approximate surface area is 303 Å². The predicted molar refractivity (Wildman–Crippen MR) is 197 cm³/mol. The SMILES string of the molecule is COc1cc2c(C3C=CC(F)(F)CC3(O)c3cn(CCN4CCN(C)CC4)c4cc(OC)c(OC)cc34)cn(CCN3CCOCC3)c2cc1OC. The third-order valence-corrected chi connectivity index (χ3v) is 11.2. The zero-order chi connectivity index (χ0) is 36.6. The molecule has 0 spiro atoms. The average molecular weight is 724 g/mol. The highest BCUT2D eigenvalue weighted by molar-refractivity contribution is 5.91. The van der Waals surface area contributed by atoms with Crippen molar-refractivity contribution in [3.05, 3.63) is 59.9 Å². The molecule has 0 saturated carbocycles. The lowest BCUT2D eigenvalue weighted by molar-refractivity contribution is -0.0813. The summed E-state index contributed by atoms with van der Waals surface area (Å²) in [6.45, 7) is 9.78. The molecule has 0 radical (unpaired) electrons. The summed E-state index contributed by atoms with van der Waals surface area (Å²) in [5, 5.41) is 14.5. The van der Waals surface area contributed by atoms with E-state index in [1.54, 1.807) is 34.5 Å². The first-order chi connectivity index (χ1) is 25.1. The molecular formula is C39H51F2N5O6. The van der Waals surface area contributed by atoms with Gasteiger partial charge in [-0.1, -0.05) is 6.08 Å². The zero-order valence-electron chi connectivity index (χ0n) is 30.9. The molecule has 0 amide bonds. The van der Waals surface area contributed by atoms with Crippen molar-refractivity contribution in [3.63, 3.8) is 0 Å². The van der Waals surface area contributed by atoms with Crippen molar-refractivity contribution in [2.45, 2.75) is 37.0 Å². The van der Waals surface area contributed by atoms with Crippen molar-refractivity contribution >= 4 is 21.8 Å². The molecule has 2 aliphatic heterocycles. The summed E-state index contributed by atoms with van der Waals surface area (Å²) in [5.41, 5.74) is 0.809. The molecule has 11 nitrogen and oxygen atoms in total. The van der Waals surface area contributed by atoms with Gasteiger partial charge in [-0.05, 0) is 30.8 Å². The summed E-state index contributed by atoms with van der Waals surface area (Å²) in [7, 11) is 8.43. The van der Waals surface area contributed by atoms with Crippen molar-refractivity contribution in [2.24, 2.45) is 0 Å². The average Bonchev–Trinajstić information content (AvgIpc) is 3.69. The van der Waals surface area contributed by atoms with Crippen LogP contribution in [-0.2, 0) is 23.4 Å². The van der Waals surface area contributed by atoms with Gasteiger partial charge in [-0.2, -0.15) is 0 Å². The minimum Gasteiger partial charge on any atom is -0.493 e. The number of morpholine rings is 1. The van der Waals surface area contributed by atoms with E-state index in [0.29, 0.717) is 60.3 Å². The van der Waals surface area contributed by atoms with Gasteiger partial charge in [0.1, 0.15) is 5.60 Å². The van der Waals surface area contributed by atoms with Gasteiger partial charge < -0.3 is 42.8 Å². The molecule has 2 unspecified atom stereocenters. The number of aliphatic hydroxyl groups is 1. The first-order valence-electron chi connectivity index (χ1n) is 18.1. The molecule has 7 rings (SSSR count). The number of aromatic nitrogens is 2. The summed E-state index contributed by atoms with van der Waals surface area (Å²) >= 11 is 0. The van der Waals surface area contributed by atoms with E-state index in [2.05, 4.69) is 30.9 Å². The summed E-state index contributed by atoms with van der Waals surface area (Å²) in [6.07, 6.45) is 5.50. The minimum absolute atomic E-state index is 0.422. The number of piperazine rings is 1. The van der Waals surface area contributed by atoms with Gasteiger partial charge in [-0.15, -0.1) is 0 Å². The molecule has 2 saturated heterocycles. The van der Waals surface area contributed by atoms with Gasteiger partial charge >= 0.3 is 0 Å². The molecule has 13 heteroatoms. The molecule has 3 aliphatic rings. The normalized spacial score (nSPS) is 23.0. The number of alkyl halides is 2. The Hall–Kier alpha value is -3.88. The van der Waals surface area contributed by atoms with E-state index in [9.17, 15) is 5.11 Å². The van der Waals surface area contributed by atoms with Crippen LogP contribution in [0.4, 0.5) is 8.78 Å². The Morgan fingerprint density at radius 3 is 1.83 bits per heavy atom. The fraction of sp³-hybridized carbons (Fsp3) is 0.538. The second kappa shape index (κ2) is 14.9. The lowest BCUT2D eigenvalue weighted by atomic mass is 9.70. The Bertz CT molecular complexity index is 1910. The number of fused-ring (bicyclic) bond motifs is 2. The molecule has 282 valence electrons. The maximum atomic E-state index is 15.7.